The number of halogens is 1. The molecule has 1 saturated carbocycles. The Morgan fingerprint density at radius 2 is 2.14 bits per heavy atom. The Balaban J connectivity index is 1.93. The van der Waals surface area contributed by atoms with Gasteiger partial charge in [0.05, 0.1) is 22.7 Å². The monoisotopic (exact) mass is 310 g/mol. The zero-order valence-corrected chi connectivity index (χ0v) is 14.2. The molecular formula is C17H27ClN2O. The van der Waals surface area contributed by atoms with Crippen LogP contribution < -0.4 is 0 Å². The minimum Gasteiger partial charge on any atom is -0.375 e. The van der Waals surface area contributed by atoms with Crippen molar-refractivity contribution in [2.24, 2.45) is 0 Å². The summed E-state index contributed by atoms with van der Waals surface area (Å²) in [5.74, 6) is 0. The number of aryl methyl sites for hydroxylation is 1. The zero-order valence-electron chi connectivity index (χ0n) is 13.5. The van der Waals surface area contributed by atoms with Crippen LogP contribution in [0, 0.1) is 0 Å². The van der Waals surface area contributed by atoms with Crippen LogP contribution in [0.1, 0.15) is 81.2 Å². The topological polar surface area (TPSA) is 27.1 Å². The highest BCUT2D eigenvalue weighted by Crippen LogP contribution is 2.46. The fourth-order valence-electron chi connectivity index (χ4n) is 4.04. The van der Waals surface area contributed by atoms with Crippen LogP contribution in [-0.2, 0) is 17.6 Å². The molecule has 0 radical (unpaired) electrons. The first-order valence-electron chi connectivity index (χ1n) is 8.48. The molecule has 0 amide bonds. The van der Waals surface area contributed by atoms with Gasteiger partial charge in [0.2, 0.25) is 0 Å². The summed E-state index contributed by atoms with van der Waals surface area (Å²) in [5.41, 5.74) is 3.97. The molecule has 2 fully saturated rings. The summed E-state index contributed by atoms with van der Waals surface area (Å²) in [6.07, 6.45) is 7.94. The first-order chi connectivity index (χ1) is 10.1. The first kappa shape index (κ1) is 15.4. The molecule has 1 aromatic rings. The number of hydrogen-bond acceptors (Lipinski definition) is 2. The molecular weight excluding hydrogens is 284 g/mol. The van der Waals surface area contributed by atoms with Gasteiger partial charge in [-0.1, -0.05) is 13.8 Å². The van der Waals surface area contributed by atoms with Gasteiger partial charge in [0.25, 0.3) is 0 Å². The van der Waals surface area contributed by atoms with E-state index in [1.54, 1.807) is 0 Å². The van der Waals surface area contributed by atoms with E-state index < -0.39 is 0 Å². The SMILES string of the molecule is CCc1nn(C2CCOC3(CCC3)C2)c(CC)c1C(C)Cl. The fraction of sp³-hybridized carbons (Fsp3) is 0.824. The molecule has 1 spiro atoms. The Kier molecular flexibility index (Phi) is 4.33. The summed E-state index contributed by atoms with van der Waals surface area (Å²) >= 11 is 6.44. The van der Waals surface area contributed by atoms with Gasteiger partial charge in [-0.2, -0.15) is 5.10 Å². The number of ether oxygens (including phenoxy) is 1. The maximum absolute atomic E-state index is 6.44. The summed E-state index contributed by atoms with van der Waals surface area (Å²) in [7, 11) is 0. The van der Waals surface area contributed by atoms with Gasteiger partial charge < -0.3 is 4.74 Å². The molecule has 3 rings (SSSR count). The second-order valence-corrected chi connectivity index (χ2v) is 7.26. The van der Waals surface area contributed by atoms with Crippen molar-refractivity contribution in [3.8, 4) is 0 Å². The Morgan fingerprint density at radius 1 is 1.38 bits per heavy atom. The smallest absolute Gasteiger partial charge is 0.0703 e. The third kappa shape index (κ3) is 2.63. The van der Waals surface area contributed by atoms with E-state index in [1.165, 1.54) is 36.2 Å². The van der Waals surface area contributed by atoms with Crippen molar-refractivity contribution in [3.05, 3.63) is 17.0 Å². The van der Waals surface area contributed by atoms with Crippen LogP contribution in [0.2, 0.25) is 0 Å². The molecule has 3 nitrogen and oxygen atoms in total. The van der Waals surface area contributed by atoms with Crippen LogP contribution in [0.3, 0.4) is 0 Å². The fourth-order valence-corrected chi connectivity index (χ4v) is 4.29. The second-order valence-electron chi connectivity index (χ2n) is 6.61. The Hall–Kier alpha value is -0.540. The second kappa shape index (κ2) is 5.92. The summed E-state index contributed by atoms with van der Waals surface area (Å²) in [6.45, 7) is 7.33. The molecule has 0 bridgehead atoms. The maximum Gasteiger partial charge on any atom is 0.0703 e. The molecule has 2 heterocycles. The molecule has 2 aliphatic rings. The van der Waals surface area contributed by atoms with Crippen molar-refractivity contribution >= 4 is 11.6 Å². The van der Waals surface area contributed by atoms with Crippen LogP contribution in [-0.4, -0.2) is 22.0 Å². The normalized spacial score (nSPS) is 25.8. The van der Waals surface area contributed by atoms with Crippen LogP contribution >= 0.6 is 11.6 Å². The molecule has 0 N–H and O–H groups in total. The van der Waals surface area contributed by atoms with Gasteiger partial charge in [-0.3, -0.25) is 4.68 Å². The van der Waals surface area contributed by atoms with Crippen molar-refractivity contribution in [3.63, 3.8) is 0 Å². The van der Waals surface area contributed by atoms with Gasteiger partial charge in [0.15, 0.2) is 0 Å². The quantitative estimate of drug-likeness (QED) is 0.761. The summed E-state index contributed by atoms with van der Waals surface area (Å²) in [5, 5.41) is 4.99. The van der Waals surface area contributed by atoms with E-state index in [1.807, 2.05) is 0 Å². The van der Waals surface area contributed by atoms with Gasteiger partial charge in [-0.05, 0) is 51.9 Å². The Morgan fingerprint density at radius 3 is 2.67 bits per heavy atom. The van der Waals surface area contributed by atoms with Crippen molar-refractivity contribution in [2.45, 2.75) is 82.7 Å². The molecule has 1 aliphatic carbocycles. The molecule has 1 aliphatic heterocycles. The van der Waals surface area contributed by atoms with Gasteiger partial charge >= 0.3 is 0 Å². The standard InChI is InChI=1S/C17H27ClN2O/c1-4-14-16(12(3)18)15(5-2)20(19-14)13-7-10-21-17(11-13)8-6-9-17/h12-13H,4-11H2,1-3H3. The number of nitrogens with zero attached hydrogens (tertiary/aromatic N) is 2. The highest BCUT2D eigenvalue weighted by atomic mass is 35.5. The highest BCUT2D eigenvalue weighted by molar-refractivity contribution is 6.20. The lowest BCUT2D eigenvalue weighted by Gasteiger charge is -2.47. The first-order valence-corrected chi connectivity index (χ1v) is 8.92. The van der Waals surface area contributed by atoms with Gasteiger partial charge in [0.1, 0.15) is 0 Å². The molecule has 1 saturated heterocycles. The minimum absolute atomic E-state index is 0.0427. The van der Waals surface area contributed by atoms with E-state index >= 15 is 0 Å². The van der Waals surface area contributed by atoms with E-state index in [4.69, 9.17) is 21.4 Å². The summed E-state index contributed by atoms with van der Waals surface area (Å²) in [4.78, 5) is 0. The van der Waals surface area contributed by atoms with E-state index in [9.17, 15) is 0 Å². The summed E-state index contributed by atoms with van der Waals surface area (Å²) < 4.78 is 8.37. The van der Waals surface area contributed by atoms with Crippen molar-refractivity contribution in [1.82, 2.24) is 9.78 Å². The zero-order chi connectivity index (χ0) is 15.0. The van der Waals surface area contributed by atoms with Crippen LogP contribution in [0.15, 0.2) is 0 Å². The highest BCUT2D eigenvalue weighted by Gasteiger charge is 2.43. The largest absolute Gasteiger partial charge is 0.375 e. The molecule has 2 unspecified atom stereocenters. The van der Waals surface area contributed by atoms with Crippen molar-refractivity contribution in [1.29, 1.82) is 0 Å². The van der Waals surface area contributed by atoms with Crippen LogP contribution in [0.5, 0.6) is 0 Å². The van der Waals surface area contributed by atoms with Gasteiger partial charge in [-0.15, -0.1) is 11.6 Å². The molecule has 21 heavy (non-hydrogen) atoms. The van der Waals surface area contributed by atoms with E-state index in [2.05, 4.69) is 25.5 Å². The molecule has 4 heteroatoms. The van der Waals surface area contributed by atoms with Gasteiger partial charge in [0, 0.05) is 17.9 Å². The van der Waals surface area contributed by atoms with E-state index in [-0.39, 0.29) is 11.0 Å². The van der Waals surface area contributed by atoms with Crippen LogP contribution in [0.4, 0.5) is 0 Å². The minimum atomic E-state index is 0.0427. The lowest BCUT2D eigenvalue weighted by molar-refractivity contribution is -0.141. The lowest BCUT2D eigenvalue weighted by atomic mass is 9.74. The Bertz CT molecular complexity index is 505. The molecule has 1 aromatic heterocycles. The number of hydrogen-bond donors (Lipinski definition) is 0. The molecule has 0 aromatic carbocycles. The predicted octanol–water partition coefficient (Wildman–Crippen LogP) is 4.58. The van der Waals surface area contributed by atoms with Gasteiger partial charge in [-0.25, -0.2) is 0 Å². The average Bonchev–Trinajstić information content (AvgIpc) is 2.84. The average molecular weight is 311 g/mol. The third-order valence-corrected chi connectivity index (χ3v) is 5.49. The predicted molar refractivity (Wildman–Crippen MR) is 86.1 cm³/mol. The number of aromatic nitrogens is 2. The van der Waals surface area contributed by atoms with Crippen molar-refractivity contribution < 1.29 is 4.74 Å². The van der Waals surface area contributed by atoms with Crippen LogP contribution in [0.25, 0.3) is 0 Å². The summed E-state index contributed by atoms with van der Waals surface area (Å²) in [6, 6.07) is 0.489. The number of rotatable bonds is 4. The molecule has 118 valence electrons. The third-order valence-electron chi connectivity index (χ3n) is 5.27. The maximum atomic E-state index is 6.44. The van der Waals surface area contributed by atoms with E-state index in [0.29, 0.717) is 6.04 Å². The number of alkyl halides is 1. The lowest BCUT2D eigenvalue weighted by Crippen LogP contribution is -2.46. The van der Waals surface area contributed by atoms with E-state index in [0.717, 1.165) is 32.3 Å². The Labute approximate surface area is 133 Å². The molecule has 2 atom stereocenters. The van der Waals surface area contributed by atoms with Crippen molar-refractivity contribution in [2.75, 3.05) is 6.61 Å².